The zero-order valence-electron chi connectivity index (χ0n) is 15.7. The third kappa shape index (κ3) is 3.05. The minimum atomic E-state index is -0.439. The molecule has 0 unspecified atom stereocenters. The van der Waals surface area contributed by atoms with Crippen molar-refractivity contribution in [2.75, 3.05) is 0 Å². The highest BCUT2D eigenvalue weighted by atomic mass is 32.1. The molecule has 0 radical (unpaired) electrons. The zero-order valence-corrected chi connectivity index (χ0v) is 16.5. The average Bonchev–Trinajstić information content (AvgIpc) is 3.20. The Morgan fingerprint density at radius 1 is 0.967 bits per heavy atom. The number of nitro benzene ring substituents is 1. The maximum absolute atomic E-state index is 13.3. The summed E-state index contributed by atoms with van der Waals surface area (Å²) in [4.78, 5) is 28.9. The van der Waals surface area contributed by atoms with Crippen LogP contribution in [-0.2, 0) is 6.54 Å². The molecule has 2 heterocycles. The van der Waals surface area contributed by atoms with Gasteiger partial charge in [-0.2, -0.15) is 0 Å². The highest BCUT2D eigenvalue weighted by Crippen LogP contribution is 2.35. The van der Waals surface area contributed by atoms with Crippen molar-refractivity contribution in [3.05, 3.63) is 104 Å². The smallest absolute Gasteiger partial charge is 0.269 e. The quantitative estimate of drug-likeness (QED) is 0.298. The van der Waals surface area contributed by atoms with Gasteiger partial charge in [0.25, 0.3) is 11.2 Å². The van der Waals surface area contributed by atoms with E-state index in [-0.39, 0.29) is 11.2 Å². The first-order valence-corrected chi connectivity index (χ1v) is 10.2. The molecule has 0 aliphatic heterocycles. The topological polar surface area (TPSA) is 78.0 Å². The molecule has 0 saturated carbocycles. The number of non-ortho nitro benzene ring substituents is 1. The van der Waals surface area contributed by atoms with Gasteiger partial charge in [-0.25, -0.2) is 4.98 Å². The fourth-order valence-corrected chi connectivity index (χ4v) is 4.56. The Balaban J connectivity index is 1.62. The maximum Gasteiger partial charge on any atom is 0.269 e. The van der Waals surface area contributed by atoms with Crippen LogP contribution >= 0.6 is 11.3 Å². The Bertz CT molecular complexity index is 1460. The van der Waals surface area contributed by atoms with Crippen LogP contribution in [0.3, 0.4) is 0 Å². The van der Waals surface area contributed by atoms with E-state index in [1.54, 1.807) is 16.7 Å². The minimum Gasteiger partial charge on any atom is -0.294 e. The lowest BCUT2D eigenvalue weighted by Crippen LogP contribution is -2.21. The summed E-state index contributed by atoms with van der Waals surface area (Å²) in [5.74, 6) is 0. The van der Waals surface area contributed by atoms with Crippen molar-refractivity contribution < 1.29 is 4.92 Å². The molecule has 0 aliphatic rings. The monoisotopic (exact) mass is 413 g/mol. The minimum absolute atomic E-state index is 0.0238. The largest absolute Gasteiger partial charge is 0.294 e. The summed E-state index contributed by atoms with van der Waals surface area (Å²) < 4.78 is 1.55. The molecule has 2 aromatic heterocycles. The summed E-state index contributed by atoms with van der Waals surface area (Å²) in [5.41, 5.74) is 2.58. The fourth-order valence-electron chi connectivity index (χ4n) is 3.66. The van der Waals surface area contributed by atoms with Gasteiger partial charge >= 0.3 is 0 Å². The molecule has 0 atom stereocenters. The van der Waals surface area contributed by atoms with Gasteiger partial charge in [-0.15, -0.1) is 11.3 Å². The predicted octanol–water partition coefficient (Wildman–Crippen LogP) is 5.23. The zero-order chi connectivity index (χ0) is 20.7. The van der Waals surface area contributed by atoms with E-state index in [4.69, 9.17) is 0 Å². The van der Waals surface area contributed by atoms with Crippen molar-refractivity contribution in [1.29, 1.82) is 0 Å². The highest BCUT2D eigenvalue weighted by Gasteiger charge is 2.15. The molecular weight excluding hydrogens is 398 g/mol. The molecule has 146 valence electrons. The second-order valence-electron chi connectivity index (χ2n) is 6.96. The van der Waals surface area contributed by atoms with Crippen molar-refractivity contribution in [3.8, 4) is 11.1 Å². The van der Waals surface area contributed by atoms with Gasteiger partial charge in [-0.05, 0) is 21.9 Å². The molecule has 0 aliphatic carbocycles. The van der Waals surface area contributed by atoms with Gasteiger partial charge in [0, 0.05) is 23.1 Å². The third-order valence-corrected chi connectivity index (χ3v) is 6.03. The Labute approximate surface area is 174 Å². The van der Waals surface area contributed by atoms with Gasteiger partial charge in [-0.3, -0.25) is 19.5 Å². The lowest BCUT2D eigenvalue weighted by molar-refractivity contribution is -0.384. The second kappa shape index (κ2) is 7.20. The van der Waals surface area contributed by atoms with E-state index in [1.165, 1.54) is 29.8 Å². The summed E-state index contributed by atoms with van der Waals surface area (Å²) in [5, 5.41) is 15.6. The molecule has 0 N–H and O–H groups in total. The molecular formula is C23H15N3O3S. The van der Waals surface area contributed by atoms with Crippen molar-refractivity contribution in [1.82, 2.24) is 9.55 Å². The van der Waals surface area contributed by atoms with Crippen LogP contribution in [-0.4, -0.2) is 14.5 Å². The Hall–Kier alpha value is -3.84. The summed E-state index contributed by atoms with van der Waals surface area (Å²) in [7, 11) is 0. The van der Waals surface area contributed by atoms with Crippen molar-refractivity contribution in [2.45, 2.75) is 6.54 Å². The second-order valence-corrected chi connectivity index (χ2v) is 7.82. The molecule has 5 rings (SSSR count). The number of fused-ring (bicyclic) bond motifs is 2. The van der Waals surface area contributed by atoms with Crippen LogP contribution in [0, 0.1) is 10.1 Å². The molecule has 0 spiro atoms. The standard InChI is InChI=1S/C23H15N3O3S/c27-23-21-20(19-7-3-5-16-4-1-2-6-18(16)19)13-30-22(21)24-14-25(23)12-15-8-10-17(11-9-15)26(28)29/h1-11,13-14H,12H2. The molecule has 0 bridgehead atoms. The molecule has 5 aromatic rings. The molecule has 6 nitrogen and oxygen atoms in total. The van der Waals surface area contributed by atoms with E-state index in [2.05, 4.69) is 23.2 Å². The Morgan fingerprint density at radius 3 is 2.53 bits per heavy atom. The van der Waals surface area contributed by atoms with Crippen LogP contribution in [0.4, 0.5) is 5.69 Å². The molecule has 0 saturated heterocycles. The van der Waals surface area contributed by atoms with Crippen LogP contribution in [0.5, 0.6) is 0 Å². The normalized spacial score (nSPS) is 11.2. The molecule has 7 heteroatoms. The van der Waals surface area contributed by atoms with E-state index in [0.717, 1.165) is 27.5 Å². The number of benzene rings is 3. The predicted molar refractivity (Wildman–Crippen MR) is 119 cm³/mol. The summed E-state index contributed by atoms with van der Waals surface area (Å²) >= 11 is 1.45. The van der Waals surface area contributed by atoms with Gasteiger partial charge in [-0.1, -0.05) is 54.6 Å². The lowest BCUT2D eigenvalue weighted by atomic mass is 9.99. The van der Waals surface area contributed by atoms with Crippen molar-refractivity contribution in [3.63, 3.8) is 0 Å². The molecule has 30 heavy (non-hydrogen) atoms. The number of aromatic nitrogens is 2. The van der Waals surface area contributed by atoms with Crippen LogP contribution in [0.2, 0.25) is 0 Å². The third-order valence-electron chi connectivity index (χ3n) is 5.14. The molecule has 3 aromatic carbocycles. The van der Waals surface area contributed by atoms with Gasteiger partial charge in [0.05, 0.1) is 23.2 Å². The molecule has 0 amide bonds. The Kier molecular flexibility index (Phi) is 4.37. The van der Waals surface area contributed by atoms with E-state index in [0.29, 0.717) is 16.8 Å². The van der Waals surface area contributed by atoms with Crippen LogP contribution < -0.4 is 5.56 Å². The van der Waals surface area contributed by atoms with Gasteiger partial charge in [0.15, 0.2) is 0 Å². The number of hydrogen-bond donors (Lipinski definition) is 0. The fraction of sp³-hybridized carbons (Fsp3) is 0.0435. The first-order chi connectivity index (χ1) is 14.6. The number of nitro groups is 1. The van der Waals surface area contributed by atoms with Crippen molar-refractivity contribution >= 4 is 38.0 Å². The van der Waals surface area contributed by atoms with Crippen LogP contribution in [0.25, 0.3) is 32.1 Å². The van der Waals surface area contributed by atoms with E-state index in [9.17, 15) is 14.9 Å². The summed E-state index contributed by atoms with van der Waals surface area (Å²) in [6.45, 7) is 0.296. The van der Waals surface area contributed by atoms with Crippen molar-refractivity contribution in [2.24, 2.45) is 0 Å². The van der Waals surface area contributed by atoms with E-state index >= 15 is 0 Å². The first-order valence-electron chi connectivity index (χ1n) is 9.30. The van der Waals surface area contributed by atoms with Gasteiger partial charge in [0.1, 0.15) is 4.83 Å². The number of hydrogen-bond acceptors (Lipinski definition) is 5. The highest BCUT2D eigenvalue weighted by molar-refractivity contribution is 7.17. The summed E-state index contributed by atoms with van der Waals surface area (Å²) in [6.07, 6.45) is 1.54. The Morgan fingerprint density at radius 2 is 1.73 bits per heavy atom. The summed E-state index contributed by atoms with van der Waals surface area (Å²) in [6, 6.07) is 20.4. The van der Waals surface area contributed by atoms with Gasteiger partial charge in [0.2, 0.25) is 0 Å². The lowest BCUT2D eigenvalue weighted by Gasteiger charge is -2.08. The SMILES string of the molecule is O=c1c2c(-c3cccc4ccccc34)csc2ncn1Cc1ccc([N+](=O)[O-])cc1. The maximum atomic E-state index is 13.3. The van der Waals surface area contributed by atoms with E-state index in [1.807, 2.05) is 29.6 Å². The number of nitrogens with zero attached hydrogens (tertiary/aromatic N) is 3. The number of rotatable bonds is 4. The molecule has 0 fully saturated rings. The van der Waals surface area contributed by atoms with Gasteiger partial charge < -0.3 is 0 Å². The van der Waals surface area contributed by atoms with Crippen LogP contribution in [0.1, 0.15) is 5.56 Å². The number of thiophene rings is 1. The first kappa shape index (κ1) is 18.2. The average molecular weight is 413 g/mol. The van der Waals surface area contributed by atoms with Crippen LogP contribution in [0.15, 0.2) is 83.2 Å². The van der Waals surface area contributed by atoms with E-state index < -0.39 is 4.92 Å².